The maximum absolute atomic E-state index is 13.9. The van der Waals surface area contributed by atoms with Crippen LogP contribution in [0.4, 0.5) is 10.1 Å². The summed E-state index contributed by atoms with van der Waals surface area (Å²) < 4.78 is 18.7. The van der Waals surface area contributed by atoms with Gasteiger partial charge in [0.25, 0.3) is 0 Å². The van der Waals surface area contributed by atoms with Crippen LogP contribution in [0.2, 0.25) is 5.02 Å². The Morgan fingerprint density at radius 1 is 1.62 bits per heavy atom. The molecule has 0 aromatic heterocycles. The van der Waals surface area contributed by atoms with E-state index in [1.807, 2.05) is 0 Å². The van der Waals surface area contributed by atoms with Crippen molar-refractivity contribution >= 4 is 41.0 Å². The second-order valence-electron chi connectivity index (χ2n) is 4.14. The highest BCUT2D eigenvalue weighted by Gasteiger charge is 2.14. The molecule has 0 saturated carbocycles. The number of esters is 1. The van der Waals surface area contributed by atoms with Crippen LogP contribution in [0.5, 0.6) is 0 Å². The Kier molecular flexibility index (Phi) is 5.69. The van der Waals surface area contributed by atoms with Gasteiger partial charge in [0.05, 0.1) is 29.6 Å². The average molecular weight is 332 g/mol. The molecule has 8 heteroatoms. The second-order valence-corrected chi connectivity index (χ2v) is 5.56. The molecule has 0 amide bonds. The molecule has 114 valence electrons. The summed E-state index contributed by atoms with van der Waals surface area (Å²) >= 11 is 7.19. The molecule has 1 aliphatic heterocycles. The molecule has 0 radical (unpaired) electrons. The molecule has 0 atom stereocenters. The summed E-state index contributed by atoms with van der Waals surface area (Å²) in [5.74, 6) is -0.161. The molecule has 1 aromatic rings. The maximum Gasteiger partial charge on any atom is 0.316 e. The standard InChI is InChI=1S/C13H15ClFN3O2S/c1-2-20-12(19)7-21-11-6-10(9(15)5-8(11)14)18-13-16-3-4-17-13/h5-6H,2-4,7H2,1H3,(H2,16,17,18). The zero-order valence-corrected chi connectivity index (χ0v) is 13.0. The first-order valence-electron chi connectivity index (χ1n) is 6.43. The van der Waals surface area contributed by atoms with E-state index in [9.17, 15) is 9.18 Å². The molecule has 2 N–H and O–H groups in total. The Hall–Kier alpha value is -1.47. The van der Waals surface area contributed by atoms with Crippen LogP contribution in [0, 0.1) is 5.82 Å². The van der Waals surface area contributed by atoms with Crippen LogP contribution in [0.25, 0.3) is 0 Å². The predicted molar refractivity (Wildman–Crippen MR) is 82.7 cm³/mol. The van der Waals surface area contributed by atoms with Crippen molar-refractivity contribution in [1.82, 2.24) is 5.32 Å². The lowest BCUT2D eigenvalue weighted by molar-refractivity contribution is -0.139. The van der Waals surface area contributed by atoms with E-state index < -0.39 is 5.82 Å². The number of halogens is 2. The van der Waals surface area contributed by atoms with Gasteiger partial charge in [-0.15, -0.1) is 11.8 Å². The van der Waals surface area contributed by atoms with Crippen LogP contribution < -0.4 is 10.6 Å². The molecule has 0 spiro atoms. The van der Waals surface area contributed by atoms with E-state index in [4.69, 9.17) is 16.3 Å². The average Bonchev–Trinajstić information content (AvgIpc) is 2.94. The highest BCUT2D eigenvalue weighted by Crippen LogP contribution is 2.32. The Balaban J connectivity index is 2.08. The van der Waals surface area contributed by atoms with Gasteiger partial charge in [0.15, 0.2) is 5.96 Å². The van der Waals surface area contributed by atoms with Gasteiger partial charge in [-0.1, -0.05) is 11.6 Å². The van der Waals surface area contributed by atoms with Gasteiger partial charge in [-0.25, -0.2) is 4.39 Å². The van der Waals surface area contributed by atoms with Crippen molar-refractivity contribution in [1.29, 1.82) is 0 Å². The van der Waals surface area contributed by atoms with Crippen LogP contribution in [-0.4, -0.2) is 37.4 Å². The van der Waals surface area contributed by atoms with Crippen LogP contribution in [-0.2, 0) is 9.53 Å². The first-order valence-corrected chi connectivity index (χ1v) is 7.79. The predicted octanol–water partition coefficient (Wildman–Crippen LogP) is 2.51. The zero-order valence-electron chi connectivity index (χ0n) is 11.4. The molecule has 0 fully saturated rings. The molecule has 1 heterocycles. The Labute approximate surface area is 131 Å². The van der Waals surface area contributed by atoms with E-state index in [0.717, 1.165) is 6.54 Å². The van der Waals surface area contributed by atoms with E-state index >= 15 is 0 Å². The normalized spacial score (nSPS) is 13.6. The fraction of sp³-hybridized carbons (Fsp3) is 0.385. The molecule has 0 bridgehead atoms. The lowest BCUT2D eigenvalue weighted by atomic mass is 10.3. The number of nitrogens with one attached hydrogen (secondary N) is 2. The number of hydrogen-bond donors (Lipinski definition) is 2. The summed E-state index contributed by atoms with van der Waals surface area (Å²) in [6.07, 6.45) is 0. The van der Waals surface area contributed by atoms with Crippen molar-refractivity contribution < 1.29 is 13.9 Å². The van der Waals surface area contributed by atoms with Crippen molar-refractivity contribution in [3.05, 3.63) is 23.0 Å². The van der Waals surface area contributed by atoms with Gasteiger partial charge in [0.1, 0.15) is 5.82 Å². The number of ether oxygens (including phenoxy) is 1. The van der Waals surface area contributed by atoms with Crippen molar-refractivity contribution in [2.75, 3.05) is 30.8 Å². The summed E-state index contributed by atoms with van der Waals surface area (Å²) in [5.41, 5.74) is 0.263. The highest BCUT2D eigenvalue weighted by atomic mass is 35.5. The number of thioether (sulfide) groups is 1. The Bertz CT molecular complexity index is 569. The second kappa shape index (κ2) is 7.51. The largest absolute Gasteiger partial charge is 0.465 e. The van der Waals surface area contributed by atoms with E-state index in [2.05, 4.69) is 15.6 Å². The van der Waals surface area contributed by atoms with Crippen LogP contribution in [0.15, 0.2) is 22.0 Å². The molecule has 5 nitrogen and oxygen atoms in total. The van der Waals surface area contributed by atoms with Crippen molar-refractivity contribution in [3.63, 3.8) is 0 Å². The summed E-state index contributed by atoms with van der Waals surface area (Å²) in [6.45, 7) is 3.45. The molecule has 21 heavy (non-hydrogen) atoms. The van der Waals surface area contributed by atoms with Gasteiger partial charge in [-0.05, 0) is 19.1 Å². The van der Waals surface area contributed by atoms with Gasteiger partial charge >= 0.3 is 5.97 Å². The van der Waals surface area contributed by atoms with Gasteiger partial charge in [0.2, 0.25) is 0 Å². The highest BCUT2D eigenvalue weighted by molar-refractivity contribution is 8.00. The number of rotatable bonds is 5. The molecule has 0 aliphatic carbocycles. The number of anilines is 1. The van der Waals surface area contributed by atoms with Crippen LogP contribution in [0.1, 0.15) is 6.92 Å². The minimum atomic E-state index is -0.475. The number of hydrogen-bond acceptors (Lipinski definition) is 6. The molecular formula is C13H15ClFN3O2S. The quantitative estimate of drug-likeness (QED) is 0.641. The number of aliphatic imine (C=N–C) groups is 1. The lowest BCUT2D eigenvalue weighted by Crippen LogP contribution is -2.26. The van der Waals surface area contributed by atoms with Crippen LogP contribution >= 0.6 is 23.4 Å². The monoisotopic (exact) mass is 331 g/mol. The SMILES string of the molecule is CCOC(=O)CSc1cc(NC2=NCCN2)c(F)cc1Cl. The number of nitrogens with zero attached hydrogens (tertiary/aromatic N) is 1. The third kappa shape index (κ3) is 4.50. The molecule has 0 saturated heterocycles. The minimum Gasteiger partial charge on any atom is -0.465 e. The van der Waals surface area contributed by atoms with Gasteiger partial charge in [0, 0.05) is 11.4 Å². The van der Waals surface area contributed by atoms with E-state index in [1.165, 1.54) is 17.8 Å². The molecular weight excluding hydrogens is 317 g/mol. The smallest absolute Gasteiger partial charge is 0.316 e. The minimum absolute atomic E-state index is 0.123. The van der Waals surface area contributed by atoms with Gasteiger partial charge in [-0.2, -0.15) is 0 Å². The Morgan fingerprint density at radius 3 is 3.10 bits per heavy atom. The maximum atomic E-state index is 13.9. The van der Waals surface area contributed by atoms with Gasteiger partial charge < -0.3 is 15.4 Å². The topological polar surface area (TPSA) is 62.7 Å². The fourth-order valence-electron chi connectivity index (χ4n) is 1.68. The summed E-state index contributed by atoms with van der Waals surface area (Å²) in [6, 6.07) is 2.77. The summed E-state index contributed by atoms with van der Waals surface area (Å²) in [4.78, 5) is 16.1. The lowest BCUT2D eigenvalue weighted by Gasteiger charge is -2.11. The van der Waals surface area contributed by atoms with Crippen molar-refractivity contribution in [2.45, 2.75) is 11.8 Å². The van der Waals surface area contributed by atoms with E-state index in [0.29, 0.717) is 24.0 Å². The van der Waals surface area contributed by atoms with Crippen LogP contribution in [0.3, 0.4) is 0 Å². The molecule has 0 unspecified atom stereocenters. The Morgan fingerprint density at radius 2 is 2.43 bits per heavy atom. The molecule has 1 aromatic carbocycles. The number of carbonyl (C=O) groups excluding carboxylic acids is 1. The summed E-state index contributed by atoms with van der Waals surface area (Å²) in [5, 5.41) is 6.11. The fourth-order valence-corrected chi connectivity index (χ4v) is 2.75. The van der Waals surface area contributed by atoms with Crippen molar-refractivity contribution in [2.24, 2.45) is 4.99 Å². The number of carbonyl (C=O) groups is 1. The van der Waals surface area contributed by atoms with E-state index in [1.54, 1.807) is 13.0 Å². The first kappa shape index (κ1) is 15.9. The van der Waals surface area contributed by atoms with Gasteiger partial charge in [-0.3, -0.25) is 9.79 Å². The zero-order chi connectivity index (χ0) is 15.2. The molecule has 1 aliphatic rings. The third-order valence-electron chi connectivity index (χ3n) is 2.60. The molecule has 2 rings (SSSR count). The first-order chi connectivity index (χ1) is 10.1. The van der Waals surface area contributed by atoms with E-state index in [-0.39, 0.29) is 22.4 Å². The summed E-state index contributed by atoms with van der Waals surface area (Å²) in [7, 11) is 0. The third-order valence-corrected chi connectivity index (χ3v) is 4.05. The number of benzene rings is 1. The van der Waals surface area contributed by atoms with Crippen molar-refractivity contribution in [3.8, 4) is 0 Å². The number of guanidine groups is 1.